The predicted molar refractivity (Wildman–Crippen MR) is 74.7 cm³/mol. The van der Waals surface area contributed by atoms with Gasteiger partial charge in [-0.15, -0.1) is 0 Å². The molecule has 2 heteroatoms. The maximum Gasteiger partial charge on any atom is 0.137 e. The van der Waals surface area contributed by atoms with Crippen molar-refractivity contribution in [1.82, 2.24) is 9.38 Å². The highest BCUT2D eigenvalue weighted by Gasteiger charge is 2.10. The molecule has 3 aromatic rings. The molecule has 0 bridgehead atoms. The zero-order valence-electron chi connectivity index (χ0n) is 10.7. The standard InChI is InChI=1S/C16H16N2/c1-12(2)13-7-3-4-8-14(13)15-11-18-10-6-5-9-16(18)17-15/h3-12H,1-2H3. The number of aromatic nitrogens is 2. The van der Waals surface area contributed by atoms with E-state index in [2.05, 4.69) is 53.7 Å². The third-order valence-electron chi connectivity index (χ3n) is 3.22. The van der Waals surface area contributed by atoms with Gasteiger partial charge in [0.2, 0.25) is 0 Å². The number of benzene rings is 1. The largest absolute Gasteiger partial charge is 0.306 e. The van der Waals surface area contributed by atoms with Gasteiger partial charge in [0, 0.05) is 18.0 Å². The van der Waals surface area contributed by atoms with Crippen molar-refractivity contribution in [2.45, 2.75) is 19.8 Å². The normalized spacial score (nSPS) is 11.3. The molecule has 0 radical (unpaired) electrons. The molecule has 90 valence electrons. The first kappa shape index (κ1) is 11.0. The molecule has 0 fully saturated rings. The molecule has 0 aliphatic rings. The van der Waals surface area contributed by atoms with Crippen molar-refractivity contribution < 1.29 is 0 Å². The second kappa shape index (κ2) is 4.30. The van der Waals surface area contributed by atoms with Gasteiger partial charge < -0.3 is 4.40 Å². The molecule has 18 heavy (non-hydrogen) atoms. The lowest BCUT2D eigenvalue weighted by molar-refractivity contribution is 0.868. The van der Waals surface area contributed by atoms with E-state index in [9.17, 15) is 0 Å². The summed E-state index contributed by atoms with van der Waals surface area (Å²) in [7, 11) is 0. The van der Waals surface area contributed by atoms with Crippen LogP contribution in [0.3, 0.4) is 0 Å². The van der Waals surface area contributed by atoms with E-state index >= 15 is 0 Å². The molecule has 0 unspecified atom stereocenters. The van der Waals surface area contributed by atoms with Gasteiger partial charge >= 0.3 is 0 Å². The molecular formula is C16H16N2. The van der Waals surface area contributed by atoms with Crippen molar-refractivity contribution in [3.63, 3.8) is 0 Å². The van der Waals surface area contributed by atoms with Gasteiger partial charge in [-0.05, 0) is 23.6 Å². The molecule has 0 N–H and O–H groups in total. The van der Waals surface area contributed by atoms with Gasteiger partial charge in [-0.25, -0.2) is 4.98 Å². The second-order valence-corrected chi connectivity index (χ2v) is 4.83. The van der Waals surface area contributed by atoms with Gasteiger partial charge in [-0.2, -0.15) is 0 Å². The van der Waals surface area contributed by atoms with Gasteiger partial charge in [0.25, 0.3) is 0 Å². The van der Waals surface area contributed by atoms with E-state index in [1.165, 1.54) is 11.1 Å². The Morgan fingerprint density at radius 2 is 1.78 bits per heavy atom. The average molecular weight is 236 g/mol. The Labute approximate surface area is 107 Å². The number of hydrogen-bond donors (Lipinski definition) is 0. The van der Waals surface area contributed by atoms with Crippen LogP contribution >= 0.6 is 0 Å². The summed E-state index contributed by atoms with van der Waals surface area (Å²) in [6, 6.07) is 14.6. The van der Waals surface area contributed by atoms with Crippen LogP contribution in [0.25, 0.3) is 16.9 Å². The lowest BCUT2D eigenvalue weighted by atomic mass is 9.96. The fraction of sp³-hybridized carbons (Fsp3) is 0.188. The van der Waals surface area contributed by atoms with E-state index in [1.54, 1.807) is 0 Å². The number of imidazole rings is 1. The van der Waals surface area contributed by atoms with Crippen LogP contribution in [0, 0.1) is 0 Å². The molecule has 0 spiro atoms. The lowest BCUT2D eigenvalue weighted by Gasteiger charge is -2.10. The van der Waals surface area contributed by atoms with E-state index in [-0.39, 0.29) is 0 Å². The second-order valence-electron chi connectivity index (χ2n) is 4.83. The zero-order valence-corrected chi connectivity index (χ0v) is 10.7. The van der Waals surface area contributed by atoms with Crippen LogP contribution in [0.5, 0.6) is 0 Å². The van der Waals surface area contributed by atoms with Gasteiger partial charge in [0.1, 0.15) is 5.65 Å². The van der Waals surface area contributed by atoms with E-state index in [1.807, 2.05) is 24.4 Å². The molecule has 2 nitrogen and oxygen atoms in total. The molecule has 0 aliphatic heterocycles. The third kappa shape index (κ3) is 1.80. The first-order valence-corrected chi connectivity index (χ1v) is 6.29. The summed E-state index contributed by atoms with van der Waals surface area (Å²) in [6.07, 6.45) is 4.13. The van der Waals surface area contributed by atoms with Gasteiger partial charge in [-0.3, -0.25) is 0 Å². The molecule has 0 amide bonds. The van der Waals surface area contributed by atoms with Gasteiger partial charge in [0.15, 0.2) is 0 Å². The molecule has 0 saturated carbocycles. The van der Waals surface area contributed by atoms with Gasteiger partial charge in [0.05, 0.1) is 5.69 Å². The number of rotatable bonds is 2. The van der Waals surface area contributed by atoms with Crippen LogP contribution in [0.15, 0.2) is 54.9 Å². The molecule has 3 rings (SSSR count). The summed E-state index contributed by atoms with van der Waals surface area (Å²) in [4.78, 5) is 4.69. The smallest absolute Gasteiger partial charge is 0.137 e. The number of nitrogens with zero attached hydrogens (tertiary/aromatic N) is 2. The summed E-state index contributed by atoms with van der Waals surface area (Å²) in [6.45, 7) is 4.43. The lowest BCUT2D eigenvalue weighted by Crippen LogP contribution is -1.91. The summed E-state index contributed by atoms with van der Waals surface area (Å²) < 4.78 is 2.06. The Morgan fingerprint density at radius 1 is 1.00 bits per heavy atom. The van der Waals surface area contributed by atoms with Crippen LogP contribution in [-0.4, -0.2) is 9.38 Å². The monoisotopic (exact) mass is 236 g/mol. The van der Waals surface area contributed by atoms with E-state index in [4.69, 9.17) is 0 Å². The van der Waals surface area contributed by atoms with Crippen molar-refractivity contribution in [3.8, 4) is 11.3 Å². The van der Waals surface area contributed by atoms with Crippen molar-refractivity contribution in [1.29, 1.82) is 0 Å². The SMILES string of the molecule is CC(C)c1ccccc1-c1cn2ccccc2n1. The summed E-state index contributed by atoms with van der Waals surface area (Å²) in [5, 5.41) is 0. The van der Waals surface area contributed by atoms with E-state index in [0.717, 1.165) is 11.3 Å². The quantitative estimate of drug-likeness (QED) is 0.654. The first-order chi connectivity index (χ1) is 8.75. The summed E-state index contributed by atoms with van der Waals surface area (Å²) >= 11 is 0. The molecule has 2 aromatic heterocycles. The Bertz CT molecular complexity index is 647. The average Bonchev–Trinajstić information content (AvgIpc) is 2.82. The molecule has 1 aromatic carbocycles. The fourth-order valence-corrected chi connectivity index (χ4v) is 2.30. The minimum Gasteiger partial charge on any atom is -0.306 e. The fourth-order valence-electron chi connectivity index (χ4n) is 2.30. The van der Waals surface area contributed by atoms with Crippen LogP contribution in [0.4, 0.5) is 0 Å². The van der Waals surface area contributed by atoms with Crippen LogP contribution in [0.1, 0.15) is 25.3 Å². The Balaban J connectivity index is 2.20. The molecule has 0 atom stereocenters. The highest BCUT2D eigenvalue weighted by atomic mass is 15.0. The topological polar surface area (TPSA) is 17.3 Å². The molecule has 2 heterocycles. The van der Waals surface area contributed by atoms with Crippen molar-refractivity contribution in [2.75, 3.05) is 0 Å². The van der Waals surface area contributed by atoms with E-state index < -0.39 is 0 Å². The first-order valence-electron chi connectivity index (χ1n) is 6.29. The maximum atomic E-state index is 4.69. The van der Waals surface area contributed by atoms with Gasteiger partial charge in [-0.1, -0.05) is 44.2 Å². The van der Waals surface area contributed by atoms with E-state index in [0.29, 0.717) is 5.92 Å². The van der Waals surface area contributed by atoms with Crippen LogP contribution in [-0.2, 0) is 0 Å². The number of fused-ring (bicyclic) bond motifs is 1. The molecular weight excluding hydrogens is 220 g/mol. The molecule has 0 aliphatic carbocycles. The van der Waals surface area contributed by atoms with Crippen molar-refractivity contribution in [3.05, 3.63) is 60.4 Å². The molecule has 0 saturated heterocycles. The highest BCUT2D eigenvalue weighted by molar-refractivity contribution is 5.66. The summed E-state index contributed by atoms with van der Waals surface area (Å²) in [5.74, 6) is 0.506. The van der Waals surface area contributed by atoms with Crippen LogP contribution < -0.4 is 0 Å². The summed E-state index contributed by atoms with van der Waals surface area (Å²) in [5.41, 5.74) is 4.62. The third-order valence-corrected chi connectivity index (χ3v) is 3.22. The van der Waals surface area contributed by atoms with Crippen molar-refractivity contribution in [2.24, 2.45) is 0 Å². The minimum atomic E-state index is 0.506. The maximum absolute atomic E-state index is 4.69. The minimum absolute atomic E-state index is 0.506. The Hall–Kier alpha value is -2.09. The van der Waals surface area contributed by atoms with Crippen LogP contribution in [0.2, 0.25) is 0 Å². The Morgan fingerprint density at radius 3 is 2.56 bits per heavy atom. The number of pyridine rings is 1. The number of hydrogen-bond acceptors (Lipinski definition) is 1. The Kier molecular flexibility index (Phi) is 2.63. The zero-order chi connectivity index (χ0) is 12.5. The predicted octanol–water partition coefficient (Wildman–Crippen LogP) is 4.12. The van der Waals surface area contributed by atoms with Crippen molar-refractivity contribution >= 4 is 5.65 Å². The highest BCUT2D eigenvalue weighted by Crippen LogP contribution is 2.28.